The van der Waals surface area contributed by atoms with E-state index in [0.29, 0.717) is 0 Å². The van der Waals surface area contributed by atoms with Crippen LogP contribution in [0.25, 0.3) is 0 Å². The van der Waals surface area contributed by atoms with Crippen molar-refractivity contribution in [2.75, 3.05) is 7.05 Å². The molecule has 0 saturated carbocycles. The third kappa shape index (κ3) is 3.04. The first-order valence-corrected chi connectivity index (χ1v) is 4.24. The van der Waals surface area contributed by atoms with Gasteiger partial charge in [-0.15, -0.1) is 0 Å². The van der Waals surface area contributed by atoms with Gasteiger partial charge in [0.2, 0.25) is 0 Å². The number of hydrogen-bond acceptors (Lipinski definition) is 1. The molecule has 0 bridgehead atoms. The van der Waals surface area contributed by atoms with Crippen molar-refractivity contribution in [3.8, 4) is 0 Å². The highest BCUT2D eigenvalue weighted by Crippen LogP contribution is 2.11. The second kappa shape index (κ2) is 3.88. The van der Waals surface area contributed by atoms with Gasteiger partial charge in [0, 0.05) is 4.47 Å². The molecule has 0 heterocycles. The Kier molecular flexibility index (Phi) is 3.09. The van der Waals surface area contributed by atoms with Gasteiger partial charge < -0.3 is 4.90 Å². The van der Waals surface area contributed by atoms with Crippen LogP contribution in [0.5, 0.6) is 0 Å². The van der Waals surface area contributed by atoms with Crippen LogP contribution in [0.15, 0.2) is 28.7 Å². The smallest absolute Gasteiger partial charge is 0.0175 e. The van der Waals surface area contributed by atoms with Gasteiger partial charge in [0.05, 0.1) is 0 Å². The van der Waals surface area contributed by atoms with Crippen LogP contribution in [0.2, 0.25) is 0 Å². The van der Waals surface area contributed by atoms with Crippen molar-refractivity contribution in [3.63, 3.8) is 0 Å². The summed E-state index contributed by atoms with van der Waals surface area (Å²) in [5.41, 5.74) is 1.28. The number of halogens is 1. The van der Waals surface area contributed by atoms with Crippen molar-refractivity contribution < 1.29 is 0 Å². The maximum atomic E-state index is 3.78. The fourth-order valence-electron chi connectivity index (χ4n) is 0.901. The van der Waals surface area contributed by atoms with Gasteiger partial charge in [0.25, 0.3) is 0 Å². The lowest BCUT2D eigenvalue weighted by atomic mass is 10.2. The number of hydrogen-bond donors (Lipinski definition) is 0. The lowest BCUT2D eigenvalue weighted by molar-refractivity contribution is 0.445. The minimum atomic E-state index is 0.896. The fourth-order valence-corrected chi connectivity index (χ4v) is 1.17. The quantitative estimate of drug-likeness (QED) is 0.682. The van der Waals surface area contributed by atoms with Crippen LogP contribution in [0.4, 0.5) is 0 Å². The van der Waals surface area contributed by atoms with E-state index in [1.54, 1.807) is 0 Å². The average molecular weight is 213 g/mol. The molecule has 11 heavy (non-hydrogen) atoms. The Balaban J connectivity index is 2.66. The molecule has 0 unspecified atom stereocenters. The average Bonchev–Trinajstić information content (AvgIpc) is 1.93. The van der Waals surface area contributed by atoms with Crippen molar-refractivity contribution in [2.24, 2.45) is 0 Å². The molecule has 0 fully saturated rings. The van der Waals surface area contributed by atoms with E-state index in [9.17, 15) is 0 Å². The predicted molar refractivity (Wildman–Crippen MR) is 51.0 cm³/mol. The molecule has 0 saturated heterocycles. The molecular weight excluding hydrogens is 202 g/mol. The zero-order valence-electron chi connectivity index (χ0n) is 6.55. The molecule has 0 N–H and O–H groups in total. The first-order chi connectivity index (χ1) is 5.18. The Bertz CT molecular complexity index is 216. The highest BCUT2D eigenvalue weighted by molar-refractivity contribution is 9.10. The van der Waals surface area contributed by atoms with Crippen LogP contribution in [0.3, 0.4) is 0 Å². The summed E-state index contributed by atoms with van der Waals surface area (Å²) < 4.78 is 1.12. The van der Waals surface area contributed by atoms with Crippen LogP contribution in [0, 0.1) is 7.05 Å². The summed E-state index contributed by atoms with van der Waals surface area (Å²) in [6.45, 7) is 0.896. The maximum absolute atomic E-state index is 3.78. The topological polar surface area (TPSA) is 3.24 Å². The summed E-state index contributed by atoms with van der Waals surface area (Å²) in [6.07, 6.45) is 0. The minimum Gasteiger partial charge on any atom is -0.458 e. The van der Waals surface area contributed by atoms with Gasteiger partial charge in [-0.1, -0.05) is 28.1 Å². The molecule has 1 aromatic carbocycles. The molecule has 0 aliphatic rings. The van der Waals surface area contributed by atoms with Gasteiger partial charge in [-0.2, -0.15) is 0 Å². The molecule has 0 amide bonds. The molecule has 0 atom stereocenters. The zero-order chi connectivity index (χ0) is 8.27. The Morgan fingerprint density at radius 2 is 1.91 bits per heavy atom. The summed E-state index contributed by atoms with van der Waals surface area (Å²) in [4.78, 5) is 1.91. The van der Waals surface area contributed by atoms with Crippen LogP contribution in [-0.4, -0.2) is 11.9 Å². The number of benzene rings is 1. The molecule has 0 aliphatic carbocycles. The van der Waals surface area contributed by atoms with E-state index in [0.717, 1.165) is 11.0 Å². The lowest BCUT2D eigenvalue weighted by Crippen LogP contribution is -2.07. The second-order valence-corrected chi connectivity index (χ2v) is 3.56. The summed E-state index contributed by atoms with van der Waals surface area (Å²) >= 11 is 3.38. The van der Waals surface area contributed by atoms with Crippen molar-refractivity contribution in [1.29, 1.82) is 0 Å². The van der Waals surface area contributed by atoms with Crippen molar-refractivity contribution >= 4 is 15.9 Å². The SMILES string of the molecule is [CH2-]N(C)Cc1ccc(Br)cc1. The summed E-state index contributed by atoms with van der Waals surface area (Å²) in [6, 6.07) is 8.26. The van der Waals surface area contributed by atoms with Crippen LogP contribution in [0.1, 0.15) is 5.56 Å². The van der Waals surface area contributed by atoms with Gasteiger partial charge in [0.1, 0.15) is 0 Å². The van der Waals surface area contributed by atoms with E-state index in [1.807, 2.05) is 24.1 Å². The highest BCUT2D eigenvalue weighted by atomic mass is 79.9. The summed E-state index contributed by atoms with van der Waals surface area (Å²) in [7, 11) is 5.74. The minimum absolute atomic E-state index is 0.896. The molecule has 0 radical (unpaired) electrons. The summed E-state index contributed by atoms with van der Waals surface area (Å²) in [5, 5.41) is 0. The first kappa shape index (κ1) is 8.75. The predicted octanol–water partition coefficient (Wildman–Crippen LogP) is 2.67. The van der Waals surface area contributed by atoms with Crippen molar-refractivity contribution in [2.45, 2.75) is 6.54 Å². The molecule has 0 aromatic heterocycles. The van der Waals surface area contributed by atoms with Gasteiger partial charge in [-0.3, -0.25) is 7.05 Å². The molecular formula is C9H11BrN-. The monoisotopic (exact) mass is 212 g/mol. The zero-order valence-corrected chi connectivity index (χ0v) is 8.13. The van der Waals surface area contributed by atoms with E-state index < -0.39 is 0 Å². The van der Waals surface area contributed by atoms with Crippen LogP contribution >= 0.6 is 15.9 Å². The van der Waals surface area contributed by atoms with Crippen LogP contribution in [-0.2, 0) is 6.54 Å². The van der Waals surface area contributed by atoms with Gasteiger partial charge in [0.15, 0.2) is 0 Å². The Hall–Kier alpha value is -0.340. The number of rotatable bonds is 2. The highest BCUT2D eigenvalue weighted by Gasteiger charge is 1.90. The van der Waals surface area contributed by atoms with Crippen molar-refractivity contribution in [3.05, 3.63) is 41.3 Å². The fraction of sp³-hybridized carbons (Fsp3) is 0.222. The van der Waals surface area contributed by atoms with Crippen molar-refractivity contribution in [1.82, 2.24) is 4.90 Å². The standard InChI is InChI=1S/C9H11BrN/c1-11(2)7-8-3-5-9(10)6-4-8/h3-6H,1,7H2,2H3/q-1. The molecule has 0 spiro atoms. The van der Waals surface area contributed by atoms with E-state index >= 15 is 0 Å². The summed E-state index contributed by atoms with van der Waals surface area (Å²) in [5.74, 6) is 0. The third-order valence-corrected chi connectivity index (χ3v) is 1.89. The Morgan fingerprint density at radius 3 is 2.36 bits per heavy atom. The van der Waals surface area contributed by atoms with Gasteiger partial charge in [-0.25, -0.2) is 0 Å². The van der Waals surface area contributed by atoms with Gasteiger partial charge in [-0.05, 0) is 31.3 Å². The molecule has 1 nitrogen and oxygen atoms in total. The lowest BCUT2D eigenvalue weighted by Gasteiger charge is -2.17. The first-order valence-electron chi connectivity index (χ1n) is 3.44. The van der Waals surface area contributed by atoms with E-state index in [1.165, 1.54) is 5.56 Å². The van der Waals surface area contributed by atoms with Crippen LogP contribution < -0.4 is 0 Å². The van der Waals surface area contributed by atoms with Gasteiger partial charge >= 0.3 is 0 Å². The Labute approximate surface area is 76.2 Å². The number of nitrogens with zero attached hydrogens (tertiary/aromatic N) is 1. The molecule has 0 aliphatic heterocycles. The third-order valence-electron chi connectivity index (χ3n) is 1.37. The molecule has 1 rings (SSSR count). The second-order valence-electron chi connectivity index (χ2n) is 2.64. The normalized spacial score (nSPS) is 10.5. The maximum Gasteiger partial charge on any atom is 0.0175 e. The van der Waals surface area contributed by atoms with E-state index in [2.05, 4.69) is 35.1 Å². The van der Waals surface area contributed by atoms with E-state index in [4.69, 9.17) is 0 Å². The Morgan fingerprint density at radius 1 is 1.36 bits per heavy atom. The largest absolute Gasteiger partial charge is 0.458 e. The molecule has 2 heteroatoms. The molecule has 1 aromatic rings. The molecule has 60 valence electrons. The van der Waals surface area contributed by atoms with E-state index in [-0.39, 0.29) is 0 Å².